The summed E-state index contributed by atoms with van der Waals surface area (Å²) in [6.45, 7) is 3.20. The molecule has 0 spiro atoms. The van der Waals surface area contributed by atoms with E-state index in [0.717, 1.165) is 17.8 Å². The van der Waals surface area contributed by atoms with Crippen LogP contribution in [0.5, 0.6) is 0 Å². The molecule has 0 bridgehead atoms. The number of nitrogens with zero attached hydrogens (tertiary/aromatic N) is 2. The van der Waals surface area contributed by atoms with E-state index in [4.69, 9.17) is 6.42 Å². The fraction of sp³-hybridized carbons (Fsp3) is 0.500. The molecule has 0 aromatic carbocycles. The van der Waals surface area contributed by atoms with E-state index in [0.29, 0.717) is 6.42 Å². The first kappa shape index (κ1) is 15.6. The van der Waals surface area contributed by atoms with Gasteiger partial charge < -0.3 is 5.32 Å². The smallest absolute Gasteiger partial charge is 0.270 e. The van der Waals surface area contributed by atoms with Crippen molar-refractivity contribution in [3.63, 3.8) is 0 Å². The van der Waals surface area contributed by atoms with E-state index in [2.05, 4.69) is 26.2 Å². The molecular weight excluding hydrogens is 288 g/mol. The highest BCUT2D eigenvalue weighted by atomic mass is 32.2. The lowest BCUT2D eigenvalue weighted by Crippen LogP contribution is -2.33. The van der Waals surface area contributed by atoms with Crippen molar-refractivity contribution < 1.29 is 13.2 Å². The third kappa shape index (κ3) is 4.59. The summed E-state index contributed by atoms with van der Waals surface area (Å²) in [6, 6.07) is -0.580. The Kier molecular flexibility index (Phi) is 5.41. The van der Waals surface area contributed by atoms with Gasteiger partial charge in [0.25, 0.3) is 10.0 Å². The van der Waals surface area contributed by atoms with E-state index in [1.54, 1.807) is 0 Å². The molecule has 1 rings (SSSR count). The molecule has 0 saturated carbocycles. The molecule has 0 aliphatic carbocycles. The van der Waals surface area contributed by atoms with Crippen molar-refractivity contribution in [3.8, 4) is 12.3 Å². The lowest BCUT2D eigenvalue weighted by molar-refractivity contribution is -0.114. The van der Waals surface area contributed by atoms with Crippen LogP contribution in [-0.2, 0) is 14.8 Å². The zero-order valence-corrected chi connectivity index (χ0v) is 12.1. The molecule has 1 amide bonds. The Hall–Kier alpha value is -1.50. The standard InChI is InChI=1S/C10H14N4O3S2/c1-4-6-8(5-2)14-19(16,17)10-13-12-9(18-10)11-7(3)15/h2,8,14H,4,6H2,1,3H3,(H,11,12,15). The molecule has 1 aromatic heterocycles. The number of carbonyl (C=O) groups is 1. The topological polar surface area (TPSA) is 101 Å². The number of terminal acetylenes is 1. The van der Waals surface area contributed by atoms with Gasteiger partial charge in [0.2, 0.25) is 15.4 Å². The summed E-state index contributed by atoms with van der Waals surface area (Å²) in [5, 5.41) is 9.58. The molecule has 19 heavy (non-hydrogen) atoms. The Labute approximate surface area is 115 Å². The molecule has 0 fully saturated rings. The molecule has 9 heteroatoms. The molecule has 1 unspecified atom stereocenters. The average Bonchev–Trinajstić information content (AvgIpc) is 2.76. The first-order valence-electron chi connectivity index (χ1n) is 5.48. The second kappa shape index (κ2) is 6.60. The van der Waals surface area contributed by atoms with E-state index in [1.807, 2.05) is 6.92 Å². The lowest BCUT2D eigenvalue weighted by atomic mass is 10.2. The Bertz CT molecular complexity index is 588. The fourth-order valence-electron chi connectivity index (χ4n) is 1.22. The van der Waals surface area contributed by atoms with Crippen molar-refractivity contribution in [2.75, 3.05) is 5.32 Å². The van der Waals surface area contributed by atoms with Gasteiger partial charge in [-0.1, -0.05) is 30.6 Å². The van der Waals surface area contributed by atoms with Gasteiger partial charge in [0.15, 0.2) is 0 Å². The van der Waals surface area contributed by atoms with Gasteiger partial charge in [-0.3, -0.25) is 4.79 Å². The van der Waals surface area contributed by atoms with Crippen molar-refractivity contribution >= 4 is 32.4 Å². The van der Waals surface area contributed by atoms with Gasteiger partial charge in [-0.05, 0) is 6.42 Å². The molecule has 7 nitrogen and oxygen atoms in total. The molecule has 1 atom stereocenters. The van der Waals surface area contributed by atoms with Crippen molar-refractivity contribution in [2.24, 2.45) is 0 Å². The maximum absolute atomic E-state index is 12.0. The Morgan fingerprint density at radius 3 is 2.74 bits per heavy atom. The van der Waals surface area contributed by atoms with Gasteiger partial charge in [-0.15, -0.1) is 16.6 Å². The summed E-state index contributed by atoms with van der Waals surface area (Å²) in [7, 11) is -3.81. The number of rotatable bonds is 6. The maximum Gasteiger partial charge on any atom is 0.270 e. The molecule has 1 heterocycles. The van der Waals surface area contributed by atoms with E-state index in [9.17, 15) is 13.2 Å². The van der Waals surface area contributed by atoms with Crippen LogP contribution in [0.1, 0.15) is 26.7 Å². The van der Waals surface area contributed by atoms with E-state index in [1.165, 1.54) is 6.92 Å². The third-order valence-electron chi connectivity index (χ3n) is 2.00. The average molecular weight is 302 g/mol. The van der Waals surface area contributed by atoms with Crippen LogP contribution < -0.4 is 10.0 Å². The maximum atomic E-state index is 12.0. The van der Waals surface area contributed by atoms with Crippen molar-refractivity contribution in [2.45, 2.75) is 37.1 Å². The molecule has 2 N–H and O–H groups in total. The van der Waals surface area contributed by atoms with Gasteiger partial charge in [0.1, 0.15) is 0 Å². The number of hydrogen-bond acceptors (Lipinski definition) is 6. The zero-order chi connectivity index (χ0) is 14.5. The number of nitrogens with one attached hydrogen (secondary N) is 2. The number of carbonyl (C=O) groups excluding carboxylic acids is 1. The summed E-state index contributed by atoms with van der Waals surface area (Å²) in [5.41, 5.74) is 0. The SMILES string of the molecule is C#CC(CCC)NS(=O)(=O)c1nnc(NC(C)=O)s1. The van der Waals surface area contributed by atoms with Crippen LogP contribution >= 0.6 is 11.3 Å². The molecule has 0 aliphatic rings. The summed E-state index contributed by atoms with van der Waals surface area (Å²) in [5.74, 6) is 2.02. The number of hydrogen-bond donors (Lipinski definition) is 2. The highest BCUT2D eigenvalue weighted by Gasteiger charge is 2.23. The fourth-order valence-corrected chi connectivity index (χ4v) is 3.38. The summed E-state index contributed by atoms with van der Waals surface area (Å²) in [6.07, 6.45) is 6.54. The third-order valence-corrected chi connectivity index (χ3v) is 4.67. The Morgan fingerprint density at radius 1 is 1.53 bits per heavy atom. The number of anilines is 1. The van der Waals surface area contributed by atoms with Crippen molar-refractivity contribution in [1.82, 2.24) is 14.9 Å². The number of amides is 1. The first-order valence-corrected chi connectivity index (χ1v) is 7.78. The minimum Gasteiger partial charge on any atom is -0.301 e. The van der Waals surface area contributed by atoms with Crippen LogP contribution in [-0.4, -0.2) is 30.6 Å². The van der Waals surface area contributed by atoms with Crippen LogP contribution in [0.25, 0.3) is 0 Å². The van der Waals surface area contributed by atoms with Gasteiger partial charge >= 0.3 is 0 Å². The summed E-state index contributed by atoms with van der Waals surface area (Å²) in [4.78, 5) is 10.8. The van der Waals surface area contributed by atoms with Gasteiger partial charge in [-0.2, -0.15) is 4.72 Å². The van der Waals surface area contributed by atoms with Gasteiger partial charge in [0.05, 0.1) is 6.04 Å². The van der Waals surface area contributed by atoms with Gasteiger partial charge in [0, 0.05) is 6.92 Å². The number of sulfonamides is 1. The van der Waals surface area contributed by atoms with E-state index < -0.39 is 16.1 Å². The molecule has 0 saturated heterocycles. The summed E-state index contributed by atoms with van der Waals surface area (Å²) >= 11 is 0.765. The zero-order valence-electron chi connectivity index (χ0n) is 10.5. The van der Waals surface area contributed by atoms with Gasteiger partial charge in [-0.25, -0.2) is 8.42 Å². The Morgan fingerprint density at radius 2 is 2.21 bits per heavy atom. The Balaban J connectivity index is 2.85. The second-order valence-electron chi connectivity index (χ2n) is 3.68. The minimum absolute atomic E-state index is 0.126. The largest absolute Gasteiger partial charge is 0.301 e. The van der Waals surface area contributed by atoms with Crippen molar-refractivity contribution in [1.29, 1.82) is 0 Å². The molecule has 1 aromatic rings. The predicted molar refractivity (Wildman–Crippen MR) is 72.1 cm³/mol. The highest BCUT2D eigenvalue weighted by molar-refractivity contribution is 7.91. The van der Waals surface area contributed by atoms with Crippen LogP contribution in [0.2, 0.25) is 0 Å². The van der Waals surface area contributed by atoms with Crippen LogP contribution in [0, 0.1) is 12.3 Å². The number of aromatic nitrogens is 2. The van der Waals surface area contributed by atoms with Crippen LogP contribution in [0.4, 0.5) is 5.13 Å². The first-order chi connectivity index (χ1) is 8.89. The molecular formula is C10H14N4O3S2. The lowest BCUT2D eigenvalue weighted by Gasteiger charge is -2.09. The monoisotopic (exact) mass is 302 g/mol. The highest BCUT2D eigenvalue weighted by Crippen LogP contribution is 2.20. The molecule has 0 aliphatic heterocycles. The summed E-state index contributed by atoms with van der Waals surface area (Å²) < 4.78 is 26.1. The quantitative estimate of drug-likeness (QED) is 0.591. The van der Waals surface area contributed by atoms with Crippen molar-refractivity contribution in [3.05, 3.63) is 0 Å². The minimum atomic E-state index is -3.81. The van der Waals surface area contributed by atoms with E-state index in [-0.39, 0.29) is 15.4 Å². The van der Waals surface area contributed by atoms with Crippen LogP contribution in [0.15, 0.2) is 4.34 Å². The van der Waals surface area contributed by atoms with E-state index >= 15 is 0 Å². The molecule has 104 valence electrons. The predicted octanol–water partition coefficient (Wildman–Crippen LogP) is 0.577. The molecule has 0 radical (unpaired) electrons. The second-order valence-corrected chi connectivity index (χ2v) is 6.55. The normalized spacial score (nSPS) is 12.7. The van der Waals surface area contributed by atoms with Crippen LogP contribution in [0.3, 0.4) is 0 Å².